The molecule has 5 N–H and O–H groups in total. The molecule has 1 radical (unpaired) electrons. The van der Waals surface area contributed by atoms with Gasteiger partial charge >= 0.3 is 5.97 Å². The lowest BCUT2D eigenvalue weighted by molar-refractivity contribution is -0.145. The monoisotopic (exact) mass is 253 g/mol. The van der Waals surface area contributed by atoms with Crippen LogP contribution in [0.5, 0.6) is 0 Å². The Morgan fingerprint density at radius 1 is 1.56 bits per heavy atom. The maximum atomic E-state index is 11.5. The third kappa shape index (κ3) is 2.42. The van der Waals surface area contributed by atoms with E-state index in [-0.39, 0.29) is 11.3 Å². The van der Waals surface area contributed by atoms with Crippen LogP contribution in [0.2, 0.25) is 6.32 Å². The van der Waals surface area contributed by atoms with Gasteiger partial charge in [0.2, 0.25) is 0 Å². The zero-order chi connectivity index (χ0) is 13.2. The fraction of sp³-hybridized carbons (Fsp3) is 0.917. The van der Waals surface area contributed by atoms with Crippen LogP contribution >= 0.6 is 0 Å². The van der Waals surface area contributed by atoms with Crippen LogP contribution in [0.4, 0.5) is 0 Å². The summed E-state index contributed by atoms with van der Waals surface area (Å²) in [6.07, 6.45) is 4.70. The van der Waals surface area contributed by atoms with Crippen LogP contribution in [0.3, 0.4) is 0 Å². The van der Waals surface area contributed by atoms with Crippen LogP contribution in [0.15, 0.2) is 0 Å². The molecule has 0 aromatic heterocycles. The van der Waals surface area contributed by atoms with Gasteiger partial charge < -0.3 is 21.2 Å². The fourth-order valence-corrected chi connectivity index (χ4v) is 3.73. The molecule has 2 aliphatic rings. The smallest absolute Gasteiger partial charge is 0.323 e. The highest BCUT2D eigenvalue weighted by Gasteiger charge is 2.56. The number of carbonyl (C=O) groups is 1. The van der Waals surface area contributed by atoms with Crippen LogP contribution in [0.1, 0.15) is 32.1 Å². The molecule has 5 nitrogen and oxygen atoms in total. The van der Waals surface area contributed by atoms with Gasteiger partial charge in [-0.15, -0.1) is 0 Å². The second-order valence-electron chi connectivity index (χ2n) is 5.96. The van der Waals surface area contributed by atoms with Crippen LogP contribution in [-0.4, -0.2) is 42.2 Å². The standard InChI is InChI=1S/C12H22BN2O3/c14-12(10(16)17)7-11(3-5-15-8-11)6-9(12)2-1-4-13-18/h9,15,18H,1-8,14H2,(H,16,17). The van der Waals surface area contributed by atoms with Crippen molar-refractivity contribution in [3.8, 4) is 0 Å². The van der Waals surface area contributed by atoms with Crippen molar-refractivity contribution in [2.75, 3.05) is 13.1 Å². The lowest BCUT2D eigenvalue weighted by Crippen LogP contribution is -2.51. The van der Waals surface area contributed by atoms with Crippen LogP contribution in [-0.2, 0) is 4.79 Å². The van der Waals surface area contributed by atoms with Gasteiger partial charge in [0.05, 0.1) is 0 Å². The molecule has 0 aromatic rings. The van der Waals surface area contributed by atoms with E-state index in [1.54, 1.807) is 0 Å². The summed E-state index contributed by atoms with van der Waals surface area (Å²) in [7, 11) is 1.14. The number of carboxylic acid groups (broad SMARTS) is 1. The predicted octanol–water partition coefficient (Wildman–Crippen LogP) is -0.0318. The molecule has 1 aliphatic carbocycles. The van der Waals surface area contributed by atoms with Crippen LogP contribution < -0.4 is 11.1 Å². The van der Waals surface area contributed by atoms with E-state index < -0.39 is 11.5 Å². The molecular weight excluding hydrogens is 231 g/mol. The van der Waals surface area contributed by atoms with Crippen molar-refractivity contribution in [1.82, 2.24) is 5.32 Å². The Labute approximate surface area is 108 Å². The van der Waals surface area contributed by atoms with Crippen molar-refractivity contribution < 1.29 is 14.9 Å². The topological polar surface area (TPSA) is 95.6 Å². The van der Waals surface area contributed by atoms with Gasteiger partial charge in [-0.3, -0.25) is 4.79 Å². The van der Waals surface area contributed by atoms with Gasteiger partial charge in [0.1, 0.15) is 5.54 Å². The van der Waals surface area contributed by atoms with E-state index in [0.29, 0.717) is 12.7 Å². The van der Waals surface area contributed by atoms with Gasteiger partial charge in [0.25, 0.3) is 7.48 Å². The minimum atomic E-state index is -1.08. The van der Waals surface area contributed by atoms with E-state index in [1.807, 2.05) is 0 Å². The maximum absolute atomic E-state index is 11.5. The number of hydrogen-bond acceptors (Lipinski definition) is 4. The van der Waals surface area contributed by atoms with Crippen molar-refractivity contribution in [3.63, 3.8) is 0 Å². The Morgan fingerprint density at radius 2 is 2.33 bits per heavy atom. The first-order chi connectivity index (χ1) is 8.52. The summed E-state index contributed by atoms with van der Waals surface area (Å²) in [5.74, 6) is -0.848. The van der Waals surface area contributed by atoms with Gasteiger partial charge in [-0.05, 0) is 43.6 Å². The Morgan fingerprint density at radius 3 is 2.89 bits per heavy atom. The molecule has 2 fully saturated rings. The third-order valence-electron chi connectivity index (χ3n) is 4.69. The highest BCUT2D eigenvalue weighted by atomic mass is 16.4. The molecule has 1 aliphatic heterocycles. The number of nitrogens with two attached hydrogens (primary N) is 1. The van der Waals surface area contributed by atoms with Crippen molar-refractivity contribution in [1.29, 1.82) is 0 Å². The highest BCUT2D eigenvalue weighted by Crippen LogP contribution is 2.51. The summed E-state index contributed by atoms with van der Waals surface area (Å²) < 4.78 is 0. The molecule has 1 saturated heterocycles. The second-order valence-corrected chi connectivity index (χ2v) is 5.96. The third-order valence-corrected chi connectivity index (χ3v) is 4.69. The van der Waals surface area contributed by atoms with Crippen LogP contribution in [0, 0.1) is 11.3 Å². The zero-order valence-electron chi connectivity index (χ0n) is 10.7. The molecular formula is C12H22BN2O3. The molecule has 101 valence electrons. The summed E-state index contributed by atoms with van der Waals surface area (Å²) in [5, 5.41) is 21.5. The summed E-state index contributed by atoms with van der Waals surface area (Å²) in [6.45, 7) is 1.86. The summed E-state index contributed by atoms with van der Waals surface area (Å²) >= 11 is 0. The first-order valence-electron chi connectivity index (χ1n) is 6.71. The number of carboxylic acids is 1. The van der Waals surface area contributed by atoms with Gasteiger partial charge in [-0.2, -0.15) is 0 Å². The number of aliphatic carboxylic acids is 1. The molecule has 3 atom stereocenters. The van der Waals surface area contributed by atoms with E-state index in [2.05, 4.69) is 5.32 Å². The van der Waals surface area contributed by atoms with Gasteiger partial charge in [-0.25, -0.2) is 0 Å². The second kappa shape index (κ2) is 5.19. The van der Waals surface area contributed by atoms with E-state index in [4.69, 9.17) is 10.8 Å². The lowest BCUT2D eigenvalue weighted by Gasteiger charge is -2.27. The average Bonchev–Trinajstić information content (AvgIpc) is 2.87. The molecule has 2 rings (SSSR count). The van der Waals surface area contributed by atoms with E-state index in [1.165, 1.54) is 0 Å². The number of nitrogens with one attached hydrogen (secondary N) is 1. The molecule has 1 heterocycles. The Balaban J connectivity index is 2.07. The average molecular weight is 253 g/mol. The van der Waals surface area contributed by atoms with E-state index in [0.717, 1.165) is 46.3 Å². The molecule has 1 spiro atoms. The van der Waals surface area contributed by atoms with Crippen molar-refractivity contribution >= 4 is 13.5 Å². The van der Waals surface area contributed by atoms with E-state index in [9.17, 15) is 9.90 Å². The largest absolute Gasteiger partial charge is 0.480 e. The van der Waals surface area contributed by atoms with Gasteiger partial charge in [0, 0.05) is 6.54 Å². The van der Waals surface area contributed by atoms with E-state index >= 15 is 0 Å². The molecule has 6 heteroatoms. The highest BCUT2D eigenvalue weighted by molar-refractivity contribution is 6.25. The molecule has 0 aromatic carbocycles. The summed E-state index contributed by atoms with van der Waals surface area (Å²) in [5.41, 5.74) is 5.19. The fourth-order valence-electron chi connectivity index (χ4n) is 3.73. The zero-order valence-corrected chi connectivity index (χ0v) is 10.7. The quantitative estimate of drug-likeness (QED) is 0.407. The van der Waals surface area contributed by atoms with Gasteiger partial charge in [-0.1, -0.05) is 12.7 Å². The first-order valence-corrected chi connectivity index (χ1v) is 6.71. The predicted molar refractivity (Wildman–Crippen MR) is 69.2 cm³/mol. The number of hydrogen-bond donors (Lipinski definition) is 4. The normalized spacial score (nSPS) is 39.3. The van der Waals surface area contributed by atoms with Crippen molar-refractivity contribution in [2.45, 2.75) is 44.0 Å². The maximum Gasteiger partial charge on any atom is 0.323 e. The SMILES string of the molecule is NC1(C(=O)O)CC2(CCNC2)CC1CCC[B]O. The first kappa shape index (κ1) is 13.8. The Bertz CT molecular complexity index is 320. The molecule has 0 amide bonds. The molecule has 3 unspecified atom stereocenters. The Hall–Kier alpha value is -0.585. The minimum absolute atomic E-state index is 0.0230. The molecule has 1 saturated carbocycles. The summed E-state index contributed by atoms with van der Waals surface area (Å²) in [6, 6.07) is 0. The Kier molecular flexibility index (Phi) is 3.99. The van der Waals surface area contributed by atoms with Crippen molar-refractivity contribution in [2.24, 2.45) is 17.1 Å². The van der Waals surface area contributed by atoms with Gasteiger partial charge in [0.15, 0.2) is 0 Å². The lowest BCUT2D eigenvalue weighted by atomic mass is 9.81. The molecule has 18 heavy (non-hydrogen) atoms. The minimum Gasteiger partial charge on any atom is -0.480 e. The van der Waals surface area contributed by atoms with Crippen LogP contribution in [0.25, 0.3) is 0 Å². The number of rotatable bonds is 5. The molecule has 0 bridgehead atoms. The summed E-state index contributed by atoms with van der Waals surface area (Å²) in [4.78, 5) is 11.5. The van der Waals surface area contributed by atoms with Crippen molar-refractivity contribution in [3.05, 3.63) is 0 Å².